The van der Waals surface area contributed by atoms with Crippen molar-refractivity contribution in [3.63, 3.8) is 0 Å². The van der Waals surface area contributed by atoms with E-state index in [9.17, 15) is 0 Å². The first-order chi connectivity index (χ1) is 7.76. The molecule has 1 aromatic carbocycles. The normalized spacial score (nSPS) is 10.8. The standard InChI is InChI=1S/C12H19N3O.HI/c1-2-10-5-3-6-11(9-10)15-12(13)14-7-4-8-16;/h3,5-6,9,16H,2,4,7-8H2,1H3,(H3,13,14,15);1H. The molecule has 0 bridgehead atoms. The van der Waals surface area contributed by atoms with Gasteiger partial charge in [0.25, 0.3) is 0 Å². The number of rotatable bonds is 5. The summed E-state index contributed by atoms with van der Waals surface area (Å²) in [6.45, 7) is 2.79. The minimum Gasteiger partial charge on any atom is -0.396 e. The zero-order chi connectivity index (χ0) is 11.8. The van der Waals surface area contributed by atoms with Crippen molar-refractivity contribution in [1.82, 2.24) is 0 Å². The van der Waals surface area contributed by atoms with Crippen molar-refractivity contribution >= 4 is 35.6 Å². The molecular formula is C12H20IN3O. The van der Waals surface area contributed by atoms with Gasteiger partial charge < -0.3 is 16.2 Å². The molecule has 0 heterocycles. The van der Waals surface area contributed by atoms with Crippen molar-refractivity contribution in [3.8, 4) is 0 Å². The molecule has 0 saturated heterocycles. The molecule has 0 amide bonds. The third-order valence-electron chi connectivity index (χ3n) is 2.21. The Bertz CT molecular complexity index is 355. The fourth-order valence-corrected chi connectivity index (χ4v) is 1.33. The predicted octanol–water partition coefficient (Wildman–Crippen LogP) is 1.98. The van der Waals surface area contributed by atoms with Gasteiger partial charge >= 0.3 is 0 Å². The average Bonchev–Trinajstić information content (AvgIpc) is 2.29. The number of aliphatic hydroxyl groups is 1. The summed E-state index contributed by atoms with van der Waals surface area (Å²) in [6.07, 6.45) is 1.63. The van der Waals surface area contributed by atoms with Crippen LogP contribution in [0.3, 0.4) is 0 Å². The summed E-state index contributed by atoms with van der Waals surface area (Å²) in [6, 6.07) is 8.06. The molecule has 0 fully saturated rings. The van der Waals surface area contributed by atoms with Crippen LogP contribution < -0.4 is 11.1 Å². The molecule has 0 radical (unpaired) electrons. The third-order valence-corrected chi connectivity index (χ3v) is 2.21. The maximum atomic E-state index is 8.61. The molecule has 0 atom stereocenters. The molecule has 0 unspecified atom stereocenters. The number of nitrogens with two attached hydrogens (primary N) is 1. The van der Waals surface area contributed by atoms with Crippen molar-refractivity contribution in [3.05, 3.63) is 29.8 Å². The maximum Gasteiger partial charge on any atom is 0.193 e. The third kappa shape index (κ3) is 6.48. The van der Waals surface area contributed by atoms with Crippen LogP contribution in [0.15, 0.2) is 29.3 Å². The molecule has 1 rings (SSSR count). The minimum absolute atomic E-state index is 0. The minimum atomic E-state index is 0. The number of anilines is 1. The Kier molecular flexibility index (Phi) is 8.79. The molecule has 4 nitrogen and oxygen atoms in total. The number of aliphatic hydroxyl groups excluding tert-OH is 1. The molecule has 0 aliphatic rings. The van der Waals surface area contributed by atoms with Crippen molar-refractivity contribution < 1.29 is 5.11 Å². The van der Waals surface area contributed by atoms with Crippen LogP contribution in [-0.4, -0.2) is 24.2 Å². The van der Waals surface area contributed by atoms with Gasteiger partial charge in [-0.05, 0) is 30.5 Å². The largest absolute Gasteiger partial charge is 0.396 e. The fourth-order valence-electron chi connectivity index (χ4n) is 1.33. The quantitative estimate of drug-likeness (QED) is 0.330. The van der Waals surface area contributed by atoms with Crippen LogP contribution in [0.1, 0.15) is 18.9 Å². The van der Waals surface area contributed by atoms with Gasteiger partial charge in [0.1, 0.15) is 0 Å². The van der Waals surface area contributed by atoms with Crippen LogP contribution in [0, 0.1) is 0 Å². The lowest BCUT2D eigenvalue weighted by atomic mass is 10.1. The highest BCUT2D eigenvalue weighted by Gasteiger charge is 1.95. The van der Waals surface area contributed by atoms with Gasteiger partial charge in [-0.2, -0.15) is 0 Å². The molecule has 0 aliphatic heterocycles. The van der Waals surface area contributed by atoms with Crippen LogP contribution in [0.4, 0.5) is 5.69 Å². The molecule has 4 N–H and O–H groups in total. The van der Waals surface area contributed by atoms with Gasteiger partial charge in [-0.15, -0.1) is 24.0 Å². The molecule has 0 saturated carbocycles. The Hall–Kier alpha value is -0.820. The molecule has 5 heteroatoms. The van der Waals surface area contributed by atoms with Crippen LogP contribution in [0.2, 0.25) is 0 Å². The Morgan fingerprint density at radius 1 is 1.47 bits per heavy atom. The molecule has 1 aromatic rings. The molecule has 17 heavy (non-hydrogen) atoms. The second kappa shape index (κ2) is 9.23. The zero-order valence-corrected chi connectivity index (χ0v) is 12.3. The number of hydrogen-bond donors (Lipinski definition) is 3. The number of hydrogen-bond acceptors (Lipinski definition) is 2. The molecule has 96 valence electrons. The van der Waals surface area contributed by atoms with E-state index in [0.717, 1.165) is 12.1 Å². The van der Waals surface area contributed by atoms with E-state index in [1.54, 1.807) is 0 Å². The summed E-state index contributed by atoms with van der Waals surface area (Å²) < 4.78 is 0. The van der Waals surface area contributed by atoms with Gasteiger partial charge in [-0.1, -0.05) is 19.1 Å². The van der Waals surface area contributed by atoms with Crippen molar-refractivity contribution in [2.45, 2.75) is 19.8 Å². The second-order valence-corrected chi connectivity index (χ2v) is 3.52. The van der Waals surface area contributed by atoms with Crippen LogP contribution >= 0.6 is 24.0 Å². The number of aliphatic imine (C=N–C) groups is 1. The first-order valence-corrected chi connectivity index (χ1v) is 5.53. The SMILES string of the molecule is CCc1cccc(NC(N)=NCCCO)c1.I. The van der Waals surface area contributed by atoms with Crippen LogP contribution in [0.25, 0.3) is 0 Å². The first kappa shape index (κ1) is 16.2. The van der Waals surface area contributed by atoms with Crippen LogP contribution in [-0.2, 0) is 6.42 Å². The van der Waals surface area contributed by atoms with Crippen LogP contribution in [0.5, 0.6) is 0 Å². The number of nitrogens with zero attached hydrogens (tertiary/aromatic N) is 1. The van der Waals surface area contributed by atoms with E-state index in [2.05, 4.69) is 29.4 Å². The van der Waals surface area contributed by atoms with Gasteiger partial charge in [0, 0.05) is 18.8 Å². The Morgan fingerprint density at radius 2 is 2.24 bits per heavy atom. The van der Waals surface area contributed by atoms with Gasteiger partial charge in [-0.25, -0.2) is 0 Å². The summed E-state index contributed by atoms with van der Waals surface area (Å²) in [5.74, 6) is 0.390. The van der Waals surface area contributed by atoms with E-state index >= 15 is 0 Å². The fraction of sp³-hybridized carbons (Fsp3) is 0.417. The molecular weight excluding hydrogens is 329 g/mol. The number of nitrogens with one attached hydrogen (secondary N) is 1. The van der Waals surface area contributed by atoms with E-state index in [0.29, 0.717) is 18.9 Å². The Balaban J connectivity index is 0.00000256. The van der Waals surface area contributed by atoms with E-state index < -0.39 is 0 Å². The maximum absolute atomic E-state index is 8.61. The Morgan fingerprint density at radius 3 is 2.88 bits per heavy atom. The van der Waals surface area contributed by atoms with Gasteiger partial charge in [0.05, 0.1) is 0 Å². The highest BCUT2D eigenvalue weighted by molar-refractivity contribution is 14.0. The molecule has 0 aliphatic carbocycles. The molecule has 0 aromatic heterocycles. The summed E-state index contributed by atoms with van der Waals surface area (Å²) in [7, 11) is 0. The summed E-state index contributed by atoms with van der Waals surface area (Å²) in [5.41, 5.74) is 7.90. The monoisotopic (exact) mass is 349 g/mol. The Labute approximate surface area is 119 Å². The van der Waals surface area contributed by atoms with E-state index in [4.69, 9.17) is 10.8 Å². The van der Waals surface area contributed by atoms with E-state index in [1.165, 1.54) is 5.56 Å². The lowest BCUT2D eigenvalue weighted by Gasteiger charge is -2.06. The second-order valence-electron chi connectivity index (χ2n) is 3.52. The number of halogens is 1. The lowest BCUT2D eigenvalue weighted by molar-refractivity contribution is 0.291. The van der Waals surface area contributed by atoms with Gasteiger partial charge in [0.2, 0.25) is 0 Å². The smallest absolute Gasteiger partial charge is 0.193 e. The number of guanidine groups is 1. The zero-order valence-electron chi connectivity index (χ0n) is 10.0. The number of benzene rings is 1. The van der Waals surface area contributed by atoms with Crippen molar-refractivity contribution in [2.75, 3.05) is 18.5 Å². The van der Waals surface area contributed by atoms with Gasteiger partial charge in [-0.3, -0.25) is 4.99 Å². The topological polar surface area (TPSA) is 70.6 Å². The van der Waals surface area contributed by atoms with Gasteiger partial charge in [0.15, 0.2) is 5.96 Å². The summed E-state index contributed by atoms with van der Waals surface area (Å²) >= 11 is 0. The summed E-state index contributed by atoms with van der Waals surface area (Å²) in [4.78, 5) is 4.09. The number of aryl methyl sites for hydroxylation is 1. The van der Waals surface area contributed by atoms with E-state index in [1.807, 2.05) is 12.1 Å². The highest BCUT2D eigenvalue weighted by atomic mass is 127. The average molecular weight is 349 g/mol. The van der Waals surface area contributed by atoms with Crippen molar-refractivity contribution in [1.29, 1.82) is 0 Å². The van der Waals surface area contributed by atoms with Crippen molar-refractivity contribution in [2.24, 2.45) is 10.7 Å². The highest BCUT2D eigenvalue weighted by Crippen LogP contribution is 2.10. The lowest BCUT2D eigenvalue weighted by Crippen LogP contribution is -2.23. The van der Waals surface area contributed by atoms with E-state index in [-0.39, 0.29) is 30.6 Å². The first-order valence-electron chi connectivity index (χ1n) is 5.53. The predicted molar refractivity (Wildman–Crippen MR) is 83.0 cm³/mol. The summed E-state index contributed by atoms with van der Waals surface area (Å²) in [5, 5.41) is 11.6. The molecule has 0 spiro atoms.